The molecule has 0 aromatic heterocycles. The minimum absolute atomic E-state index is 0.0158. The van der Waals surface area contributed by atoms with E-state index in [9.17, 15) is 9.18 Å². The molecule has 1 aliphatic carbocycles. The molecule has 0 saturated heterocycles. The van der Waals surface area contributed by atoms with Gasteiger partial charge in [-0.1, -0.05) is 41.9 Å². The van der Waals surface area contributed by atoms with Gasteiger partial charge in [0.15, 0.2) is 0 Å². The van der Waals surface area contributed by atoms with Crippen LogP contribution in [-0.4, -0.2) is 5.91 Å². The number of amides is 1. The van der Waals surface area contributed by atoms with Gasteiger partial charge in [0.1, 0.15) is 5.82 Å². The molecule has 0 aliphatic heterocycles. The molecule has 1 fully saturated rings. The van der Waals surface area contributed by atoms with Crippen LogP contribution in [0.1, 0.15) is 23.5 Å². The predicted molar refractivity (Wildman–Crippen MR) is 80.5 cm³/mol. The molecule has 1 N–H and O–H groups in total. The van der Waals surface area contributed by atoms with Gasteiger partial charge in [-0.15, -0.1) is 0 Å². The van der Waals surface area contributed by atoms with E-state index in [0.29, 0.717) is 11.6 Å². The molecule has 1 saturated carbocycles. The molecule has 2 unspecified atom stereocenters. The van der Waals surface area contributed by atoms with Gasteiger partial charge < -0.3 is 5.32 Å². The third-order valence-electron chi connectivity index (χ3n) is 3.84. The second kappa shape index (κ2) is 5.86. The van der Waals surface area contributed by atoms with Crippen molar-refractivity contribution in [2.45, 2.75) is 18.9 Å². The lowest BCUT2D eigenvalue weighted by Gasteiger charge is -2.07. The Kier molecular flexibility index (Phi) is 3.93. The van der Waals surface area contributed by atoms with Crippen LogP contribution in [0.5, 0.6) is 0 Å². The summed E-state index contributed by atoms with van der Waals surface area (Å²) >= 11 is 6.06. The van der Waals surface area contributed by atoms with E-state index in [0.717, 1.165) is 17.5 Å². The molecule has 2 nitrogen and oxygen atoms in total. The van der Waals surface area contributed by atoms with Crippen LogP contribution in [0.25, 0.3) is 0 Å². The largest absolute Gasteiger partial charge is 0.352 e. The summed E-state index contributed by atoms with van der Waals surface area (Å²) in [6.45, 7) is 0.436. The van der Waals surface area contributed by atoms with Crippen LogP contribution in [-0.2, 0) is 11.3 Å². The first-order valence-corrected chi connectivity index (χ1v) is 7.29. The predicted octanol–water partition coefficient (Wildman–Crippen LogP) is 3.90. The van der Waals surface area contributed by atoms with Gasteiger partial charge in [0.05, 0.1) is 0 Å². The normalized spacial score (nSPS) is 20.1. The molecule has 1 amide bonds. The van der Waals surface area contributed by atoms with Crippen molar-refractivity contribution < 1.29 is 9.18 Å². The highest BCUT2D eigenvalue weighted by molar-refractivity contribution is 6.31. The molecular weight excluding hydrogens is 289 g/mol. The lowest BCUT2D eigenvalue weighted by atomic mass is 10.1. The third-order valence-corrected chi connectivity index (χ3v) is 4.21. The van der Waals surface area contributed by atoms with E-state index in [2.05, 4.69) is 5.32 Å². The SMILES string of the molecule is O=C(NCc1ccccc1Cl)C1CC1c1ccc(F)cc1. The van der Waals surface area contributed by atoms with E-state index in [4.69, 9.17) is 11.6 Å². The summed E-state index contributed by atoms with van der Waals surface area (Å²) in [5.41, 5.74) is 1.93. The van der Waals surface area contributed by atoms with Crippen molar-refractivity contribution in [2.24, 2.45) is 5.92 Å². The van der Waals surface area contributed by atoms with E-state index < -0.39 is 0 Å². The second-order valence-corrected chi connectivity index (χ2v) is 5.72. The zero-order chi connectivity index (χ0) is 14.8. The molecule has 3 rings (SSSR count). The molecule has 0 bridgehead atoms. The maximum absolute atomic E-state index is 12.9. The Balaban J connectivity index is 1.56. The van der Waals surface area contributed by atoms with Crippen molar-refractivity contribution >= 4 is 17.5 Å². The molecule has 21 heavy (non-hydrogen) atoms. The Labute approximate surface area is 127 Å². The van der Waals surface area contributed by atoms with Gasteiger partial charge in [-0.05, 0) is 41.7 Å². The van der Waals surface area contributed by atoms with E-state index >= 15 is 0 Å². The maximum Gasteiger partial charge on any atom is 0.224 e. The van der Waals surface area contributed by atoms with E-state index in [1.165, 1.54) is 12.1 Å². The van der Waals surface area contributed by atoms with Crippen LogP contribution in [0.3, 0.4) is 0 Å². The fourth-order valence-electron chi connectivity index (χ4n) is 2.52. The van der Waals surface area contributed by atoms with Gasteiger partial charge in [0.25, 0.3) is 0 Å². The van der Waals surface area contributed by atoms with Crippen LogP contribution in [0, 0.1) is 11.7 Å². The number of carbonyl (C=O) groups excluding carboxylic acids is 1. The van der Waals surface area contributed by atoms with Gasteiger partial charge in [-0.25, -0.2) is 4.39 Å². The summed E-state index contributed by atoms with van der Waals surface area (Å²) in [6.07, 6.45) is 0.819. The summed E-state index contributed by atoms with van der Waals surface area (Å²) in [4.78, 5) is 12.1. The minimum Gasteiger partial charge on any atom is -0.352 e. The lowest BCUT2D eigenvalue weighted by molar-refractivity contribution is -0.122. The van der Waals surface area contributed by atoms with Crippen molar-refractivity contribution in [2.75, 3.05) is 0 Å². The zero-order valence-corrected chi connectivity index (χ0v) is 12.1. The van der Waals surface area contributed by atoms with Gasteiger partial charge >= 0.3 is 0 Å². The Hall–Kier alpha value is -1.87. The molecule has 108 valence electrons. The first-order chi connectivity index (χ1) is 10.1. The smallest absolute Gasteiger partial charge is 0.224 e. The topological polar surface area (TPSA) is 29.1 Å². The standard InChI is InChI=1S/C17H15ClFNO/c18-16-4-2-1-3-12(16)10-20-17(21)15-9-14(15)11-5-7-13(19)8-6-11/h1-8,14-15H,9-10H2,(H,20,21). The maximum atomic E-state index is 12.9. The van der Waals surface area contributed by atoms with Crippen molar-refractivity contribution in [3.05, 3.63) is 70.5 Å². The molecule has 4 heteroatoms. The lowest BCUT2D eigenvalue weighted by Crippen LogP contribution is -2.25. The van der Waals surface area contributed by atoms with Crippen molar-refractivity contribution in [3.8, 4) is 0 Å². The zero-order valence-electron chi connectivity index (χ0n) is 11.4. The molecule has 2 aromatic carbocycles. The number of carbonyl (C=O) groups is 1. The molecule has 2 atom stereocenters. The van der Waals surface area contributed by atoms with Crippen LogP contribution < -0.4 is 5.32 Å². The number of rotatable bonds is 4. The second-order valence-electron chi connectivity index (χ2n) is 5.31. The molecule has 0 heterocycles. The van der Waals surface area contributed by atoms with Gasteiger partial charge in [0, 0.05) is 17.5 Å². The summed E-state index contributed by atoms with van der Waals surface area (Å²) in [7, 11) is 0. The highest BCUT2D eigenvalue weighted by Crippen LogP contribution is 2.47. The molecule has 2 aromatic rings. The molecule has 0 spiro atoms. The number of benzene rings is 2. The Bertz CT molecular complexity index is 656. The monoisotopic (exact) mass is 303 g/mol. The van der Waals surface area contributed by atoms with Gasteiger partial charge in [-0.3, -0.25) is 4.79 Å². The van der Waals surface area contributed by atoms with Crippen LogP contribution >= 0.6 is 11.6 Å². The van der Waals surface area contributed by atoms with Gasteiger partial charge in [-0.2, -0.15) is 0 Å². The fraction of sp³-hybridized carbons (Fsp3) is 0.235. The minimum atomic E-state index is -0.251. The van der Waals surface area contributed by atoms with Gasteiger partial charge in [0.2, 0.25) is 5.91 Å². The highest BCUT2D eigenvalue weighted by Gasteiger charge is 2.43. The van der Waals surface area contributed by atoms with Crippen molar-refractivity contribution in [1.29, 1.82) is 0 Å². The number of nitrogens with one attached hydrogen (secondary N) is 1. The molecular formula is C17H15ClFNO. The fourth-order valence-corrected chi connectivity index (χ4v) is 2.72. The highest BCUT2D eigenvalue weighted by atomic mass is 35.5. The Morgan fingerprint density at radius 3 is 2.62 bits per heavy atom. The van der Waals surface area contributed by atoms with Crippen molar-refractivity contribution in [3.63, 3.8) is 0 Å². The third kappa shape index (κ3) is 3.24. The Morgan fingerprint density at radius 2 is 1.90 bits per heavy atom. The number of hydrogen-bond donors (Lipinski definition) is 1. The molecule has 1 aliphatic rings. The number of hydrogen-bond acceptors (Lipinski definition) is 1. The first kappa shape index (κ1) is 14.1. The molecule has 0 radical (unpaired) electrons. The van der Waals surface area contributed by atoms with Crippen LogP contribution in [0.15, 0.2) is 48.5 Å². The van der Waals surface area contributed by atoms with Crippen molar-refractivity contribution in [1.82, 2.24) is 5.32 Å². The van der Waals surface area contributed by atoms with Crippen LogP contribution in [0.2, 0.25) is 5.02 Å². The van der Waals surface area contributed by atoms with Crippen LogP contribution in [0.4, 0.5) is 4.39 Å². The average Bonchev–Trinajstić information content (AvgIpc) is 3.27. The summed E-state index contributed by atoms with van der Waals surface area (Å²) in [6, 6.07) is 13.8. The Morgan fingerprint density at radius 1 is 1.19 bits per heavy atom. The van der Waals surface area contributed by atoms with E-state index in [1.54, 1.807) is 12.1 Å². The first-order valence-electron chi connectivity index (χ1n) is 6.92. The summed E-state index contributed by atoms with van der Waals surface area (Å²) < 4.78 is 12.9. The number of halogens is 2. The van der Waals surface area contributed by atoms with E-state index in [-0.39, 0.29) is 23.6 Å². The summed E-state index contributed by atoms with van der Waals surface area (Å²) in [5, 5.41) is 3.57. The summed E-state index contributed by atoms with van der Waals surface area (Å²) in [5.74, 6) is -0.0295. The quantitative estimate of drug-likeness (QED) is 0.912. The average molecular weight is 304 g/mol. The van der Waals surface area contributed by atoms with E-state index in [1.807, 2.05) is 24.3 Å².